The van der Waals surface area contributed by atoms with Gasteiger partial charge in [-0.25, -0.2) is 0 Å². The number of allylic oxidation sites excluding steroid dienone is 1. The van der Waals surface area contributed by atoms with Crippen LogP contribution in [0.15, 0.2) is 36.7 Å². The Morgan fingerprint density at radius 2 is 2.23 bits per heavy atom. The van der Waals surface area contributed by atoms with Gasteiger partial charge in [0.25, 0.3) is 0 Å². The summed E-state index contributed by atoms with van der Waals surface area (Å²) in [6.45, 7) is 3.99. The van der Waals surface area contributed by atoms with Gasteiger partial charge in [-0.1, -0.05) is 12.1 Å². The number of nitrogens with zero attached hydrogens (tertiary/aromatic N) is 2. The van der Waals surface area contributed by atoms with Crippen molar-refractivity contribution in [1.29, 1.82) is 0 Å². The molecule has 5 nitrogen and oxygen atoms in total. The Kier molecular flexibility index (Phi) is 4.23. The highest BCUT2D eigenvalue weighted by Gasteiger charge is 2.13. The van der Waals surface area contributed by atoms with E-state index < -0.39 is 0 Å². The van der Waals surface area contributed by atoms with Crippen molar-refractivity contribution in [3.63, 3.8) is 0 Å². The fourth-order valence-corrected chi connectivity index (χ4v) is 2.27. The number of carbonyl (C=O) groups excluding carboxylic acids is 1. The molecule has 2 heterocycles. The van der Waals surface area contributed by atoms with E-state index in [1.165, 1.54) is 0 Å². The number of fused-ring (bicyclic) bond motifs is 1. The van der Waals surface area contributed by atoms with E-state index in [-0.39, 0.29) is 5.78 Å². The van der Waals surface area contributed by atoms with Crippen LogP contribution in [0.3, 0.4) is 0 Å². The first kappa shape index (κ1) is 14.4. The molecule has 0 spiro atoms. The average molecular weight is 298 g/mol. The van der Waals surface area contributed by atoms with Crippen LogP contribution in [0.1, 0.15) is 29.3 Å². The predicted molar refractivity (Wildman–Crippen MR) is 83.3 cm³/mol. The fraction of sp³-hybridized carbons (Fsp3) is 0.294. The summed E-state index contributed by atoms with van der Waals surface area (Å²) in [6, 6.07) is 5.69. The Hall–Kier alpha value is -2.56. The summed E-state index contributed by atoms with van der Waals surface area (Å²) >= 11 is 0. The highest BCUT2D eigenvalue weighted by atomic mass is 16.5. The quantitative estimate of drug-likeness (QED) is 0.643. The zero-order valence-corrected chi connectivity index (χ0v) is 12.5. The van der Waals surface area contributed by atoms with E-state index in [4.69, 9.17) is 9.47 Å². The van der Waals surface area contributed by atoms with Gasteiger partial charge >= 0.3 is 0 Å². The number of ketones is 1. The Labute approximate surface area is 129 Å². The van der Waals surface area contributed by atoms with Gasteiger partial charge in [0.05, 0.1) is 25.0 Å². The molecule has 0 atom stereocenters. The monoisotopic (exact) mass is 298 g/mol. The molecule has 5 heteroatoms. The Morgan fingerprint density at radius 1 is 1.36 bits per heavy atom. The maximum Gasteiger partial charge on any atom is 0.189 e. The number of aromatic nitrogens is 2. The van der Waals surface area contributed by atoms with Gasteiger partial charge in [0.1, 0.15) is 0 Å². The maximum absolute atomic E-state index is 12.2. The topological polar surface area (TPSA) is 53.4 Å². The molecule has 0 N–H and O–H groups in total. The lowest BCUT2D eigenvalue weighted by atomic mass is 10.1. The van der Waals surface area contributed by atoms with Gasteiger partial charge in [0.15, 0.2) is 17.3 Å². The number of ether oxygens (including phenoxy) is 2. The van der Waals surface area contributed by atoms with E-state index >= 15 is 0 Å². The third kappa shape index (κ3) is 3.03. The van der Waals surface area contributed by atoms with Gasteiger partial charge in [-0.15, -0.1) is 0 Å². The SMILES string of the molecule is CCn1cc(C(=O)/C=C/c2cccc3c2OCCCO3)cn1. The molecule has 1 aliphatic rings. The van der Waals surface area contributed by atoms with Crippen LogP contribution in [0.4, 0.5) is 0 Å². The number of hydrogen-bond acceptors (Lipinski definition) is 4. The molecule has 1 aliphatic heterocycles. The largest absolute Gasteiger partial charge is 0.490 e. The summed E-state index contributed by atoms with van der Waals surface area (Å²) in [4.78, 5) is 12.2. The second kappa shape index (κ2) is 6.47. The van der Waals surface area contributed by atoms with Crippen molar-refractivity contribution in [1.82, 2.24) is 9.78 Å². The van der Waals surface area contributed by atoms with Crippen LogP contribution in [0.5, 0.6) is 11.5 Å². The first-order chi connectivity index (χ1) is 10.8. The van der Waals surface area contributed by atoms with Gasteiger partial charge in [0, 0.05) is 24.7 Å². The minimum absolute atomic E-state index is 0.0770. The van der Waals surface area contributed by atoms with Gasteiger partial charge in [-0.3, -0.25) is 9.48 Å². The van der Waals surface area contributed by atoms with Crippen molar-refractivity contribution in [2.24, 2.45) is 0 Å². The third-order valence-electron chi connectivity index (χ3n) is 3.46. The zero-order chi connectivity index (χ0) is 15.4. The first-order valence-electron chi connectivity index (χ1n) is 7.41. The van der Waals surface area contributed by atoms with Gasteiger partial charge in [0.2, 0.25) is 0 Å². The number of para-hydroxylation sites is 1. The van der Waals surface area contributed by atoms with Crippen molar-refractivity contribution in [3.05, 3.63) is 47.8 Å². The lowest BCUT2D eigenvalue weighted by Crippen LogP contribution is -1.98. The number of aryl methyl sites for hydroxylation is 1. The Balaban J connectivity index is 1.82. The molecule has 1 aromatic heterocycles. The zero-order valence-electron chi connectivity index (χ0n) is 12.5. The number of hydrogen-bond donors (Lipinski definition) is 0. The smallest absolute Gasteiger partial charge is 0.189 e. The molecular formula is C17H18N2O3. The summed E-state index contributed by atoms with van der Waals surface area (Å²) in [6.07, 6.45) is 7.49. The van der Waals surface area contributed by atoms with Crippen molar-refractivity contribution >= 4 is 11.9 Å². The molecule has 3 rings (SSSR count). The second-order valence-corrected chi connectivity index (χ2v) is 5.01. The normalized spacial score (nSPS) is 14.0. The highest BCUT2D eigenvalue weighted by molar-refractivity contribution is 6.06. The molecule has 2 aromatic rings. The Morgan fingerprint density at radius 3 is 3.05 bits per heavy atom. The molecule has 0 fully saturated rings. The van der Waals surface area contributed by atoms with E-state index in [9.17, 15) is 4.79 Å². The first-order valence-corrected chi connectivity index (χ1v) is 7.41. The van der Waals surface area contributed by atoms with Crippen molar-refractivity contribution in [2.75, 3.05) is 13.2 Å². The summed E-state index contributed by atoms with van der Waals surface area (Å²) in [5.41, 5.74) is 1.42. The molecule has 1 aromatic carbocycles. The average Bonchev–Trinajstić information content (AvgIpc) is 2.90. The molecule has 0 bridgehead atoms. The minimum atomic E-state index is -0.0770. The van der Waals surface area contributed by atoms with Crippen molar-refractivity contribution in [2.45, 2.75) is 19.9 Å². The molecule has 0 saturated carbocycles. The van der Waals surface area contributed by atoms with Crippen LogP contribution in [0, 0.1) is 0 Å². The molecular weight excluding hydrogens is 280 g/mol. The van der Waals surface area contributed by atoms with E-state index in [0.717, 1.165) is 24.3 Å². The standard InChI is InChI=1S/C17H18N2O3/c1-2-19-12-14(11-18-19)15(20)8-7-13-5-3-6-16-17(13)22-10-4-9-21-16/h3,5-8,11-12H,2,4,9-10H2,1H3/b8-7+. The van der Waals surface area contributed by atoms with E-state index in [1.807, 2.05) is 25.1 Å². The molecule has 0 saturated heterocycles. The minimum Gasteiger partial charge on any atom is -0.490 e. The molecule has 0 aliphatic carbocycles. The molecule has 0 radical (unpaired) electrons. The van der Waals surface area contributed by atoms with E-state index in [0.29, 0.717) is 24.5 Å². The lowest BCUT2D eigenvalue weighted by Gasteiger charge is -2.09. The van der Waals surface area contributed by atoms with Gasteiger partial charge < -0.3 is 9.47 Å². The number of rotatable bonds is 4. The predicted octanol–water partition coefficient (Wildman–Crippen LogP) is 2.96. The van der Waals surface area contributed by atoms with Crippen LogP contribution in [0.25, 0.3) is 6.08 Å². The third-order valence-corrected chi connectivity index (χ3v) is 3.46. The number of carbonyl (C=O) groups is 1. The van der Waals surface area contributed by atoms with Crippen LogP contribution in [-0.2, 0) is 6.54 Å². The summed E-state index contributed by atoms with van der Waals surface area (Å²) in [5, 5.41) is 4.11. The van der Waals surface area contributed by atoms with Crippen LogP contribution in [0.2, 0.25) is 0 Å². The molecule has 22 heavy (non-hydrogen) atoms. The summed E-state index contributed by atoms with van der Waals surface area (Å²) < 4.78 is 13.1. The van der Waals surface area contributed by atoms with Crippen molar-refractivity contribution in [3.8, 4) is 11.5 Å². The Bertz CT molecular complexity index is 704. The summed E-state index contributed by atoms with van der Waals surface area (Å²) in [5.74, 6) is 1.35. The lowest BCUT2D eigenvalue weighted by molar-refractivity contribution is 0.104. The van der Waals surface area contributed by atoms with E-state index in [1.54, 1.807) is 29.2 Å². The van der Waals surface area contributed by atoms with E-state index in [2.05, 4.69) is 5.10 Å². The maximum atomic E-state index is 12.2. The van der Waals surface area contributed by atoms with Crippen LogP contribution < -0.4 is 9.47 Å². The molecule has 0 unspecified atom stereocenters. The molecule has 0 amide bonds. The number of benzene rings is 1. The summed E-state index contributed by atoms with van der Waals surface area (Å²) in [7, 11) is 0. The highest BCUT2D eigenvalue weighted by Crippen LogP contribution is 2.33. The van der Waals surface area contributed by atoms with Gasteiger partial charge in [-0.2, -0.15) is 5.10 Å². The van der Waals surface area contributed by atoms with Gasteiger partial charge in [-0.05, 0) is 25.1 Å². The van der Waals surface area contributed by atoms with Crippen molar-refractivity contribution < 1.29 is 14.3 Å². The fourth-order valence-electron chi connectivity index (χ4n) is 2.27. The van der Waals surface area contributed by atoms with Crippen LogP contribution in [-0.4, -0.2) is 28.8 Å². The second-order valence-electron chi connectivity index (χ2n) is 5.01. The van der Waals surface area contributed by atoms with Crippen LogP contribution >= 0.6 is 0 Å². The molecule has 114 valence electrons.